The van der Waals surface area contributed by atoms with Crippen molar-refractivity contribution in [2.24, 2.45) is 0 Å². The largest absolute Gasteiger partial charge is 0.416 e. The second kappa shape index (κ2) is 8.68. The molecule has 4 heteroatoms. The standard InChI is InChI=1S/C24H26F3N/c1-3-5-12-20-21-17-19(24(25,26)27)13-14-23(21)28(22(20)9-4-2)16-15-18-10-7-6-8-11-18/h3,5-8,10-11,13-14,17H,4,9,12,15-16H2,1-2H3/b5-3-. The number of fused-ring (bicyclic) bond motifs is 1. The summed E-state index contributed by atoms with van der Waals surface area (Å²) in [6, 6.07) is 14.4. The summed E-state index contributed by atoms with van der Waals surface area (Å²) in [5.74, 6) is 0. The lowest BCUT2D eigenvalue weighted by molar-refractivity contribution is -0.137. The molecule has 0 spiro atoms. The van der Waals surface area contributed by atoms with Gasteiger partial charge in [-0.3, -0.25) is 0 Å². The maximum absolute atomic E-state index is 13.3. The highest BCUT2D eigenvalue weighted by Crippen LogP contribution is 2.35. The summed E-state index contributed by atoms with van der Waals surface area (Å²) < 4.78 is 42.1. The van der Waals surface area contributed by atoms with E-state index in [1.165, 1.54) is 17.7 Å². The van der Waals surface area contributed by atoms with Crippen LogP contribution in [-0.4, -0.2) is 4.57 Å². The Balaban J connectivity index is 2.12. The van der Waals surface area contributed by atoms with E-state index in [-0.39, 0.29) is 0 Å². The Morgan fingerprint density at radius 3 is 2.39 bits per heavy atom. The number of hydrogen-bond acceptors (Lipinski definition) is 0. The van der Waals surface area contributed by atoms with E-state index in [9.17, 15) is 13.2 Å². The molecule has 0 saturated carbocycles. The SMILES string of the molecule is C/C=C\Cc1c(CCC)n(CCc2ccccc2)c2ccc(C(F)(F)F)cc12. The highest BCUT2D eigenvalue weighted by atomic mass is 19.4. The van der Waals surface area contributed by atoms with Crippen molar-refractivity contribution in [2.75, 3.05) is 0 Å². The Bertz CT molecular complexity index is 949. The van der Waals surface area contributed by atoms with Crippen LogP contribution in [-0.2, 0) is 32.0 Å². The molecule has 1 aromatic heterocycles. The van der Waals surface area contributed by atoms with Gasteiger partial charge in [0.05, 0.1) is 5.56 Å². The Morgan fingerprint density at radius 2 is 1.75 bits per heavy atom. The van der Waals surface area contributed by atoms with Gasteiger partial charge in [-0.2, -0.15) is 13.2 Å². The van der Waals surface area contributed by atoms with Crippen molar-refractivity contribution in [3.63, 3.8) is 0 Å². The van der Waals surface area contributed by atoms with E-state index in [4.69, 9.17) is 0 Å². The van der Waals surface area contributed by atoms with Gasteiger partial charge in [0.15, 0.2) is 0 Å². The molecule has 0 aliphatic carbocycles. The van der Waals surface area contributed by atoms with Gasteiger partial charge in [-0.25, -0.2) is 0 Å². The van der Waals surface area contributed by atoms with Gasteiger partial charge >= 0.3 is 6.18 Å². The highest BCUT2D eigenvalue weighted by molar-refractivity contribution is 5.86. The molecule has 0 aliphatic rings. The number of nitrogens with zero attached hydrogens (tertiary/aromatic N) is 1. The van der Waals surface area contributed by atoms with Crippen LogP contribution in [0.4, 0.5) is 13.2 Å². The first-order valence-corrected chi connectivity index (χ1v) is 9.82. The van der Waals surface area contributed by atoms with E-state index in [0.717, 1.165) is 48.0 Å². The van der Waals surface area contributed by atoms with Crippen molar-refractivity contribution < 1.29 is 13.2 Å². The number of benzene rings is 2. The van der Waals surface area contributed by atoms with Crippen molar-refractivity contribution in [1.29, 1.82) is 0 Å². The molecule has 0 fully saturated rings. The number of rotatable bonds is 7. The Hall–Kier alpha value is -2.49. The van der Waals surface area contributed by atoms with E-state index >= 15 is 0 Å². The van der Waals surface area contributed by atoms with Crippen molar-refractivity contribution in [3.8, 4) is 0 Å². The predicted octanol–water partition coefficient (Wildman–Crippen LogP) is 6.97. The normalized spacial score (nSPS) is 12.3. The maximum Gasteiger partial charge on any atom is 0.416 e. The maximum atomic E-state index is 13.3. The molecule has 0 radical (unpaired) electrons. The van der Waals surface area contributed by atoms with E-state index in [1.54, 1.807) is 6.07 Å². The first-order valence-electron chi connectivity index (χ1n) is 9.82. The van der Waals surface area contributed by atoms with E-state index < -0.39 is 11.7 Å². The van der Waals surface area contributed by atoms with Crippen molar-refractivity contribution in [1.82, 2.24) is 4.57 Å². The topological polar surface area (TPSA) is 4.93 Å². The third-order valence-electron chi connectivity index (χ3n) is 5.13. The summed E-state index contributed by atoms with van der Waals surface area (Å²) in [5, 5.41) is 0.726. The monoisotopic (exact) mass is 385 g/mol. The summed E-state index contributed by atoms with van der Waals surface area (Å²) >= 11 is 0. The fourth-order valence-electron chi connectivity index (χ4n) is 3.78. The van der Waals surface area contributed by atoms with Crippen LogP contribution in [0.1, 0.15) is 42.7 Å². The molecule has 2 aromatic carbocycles. The van der Waals surface area contributed by atoms with Crippen LogP contribution in [0, 0.1) is 0 Å². The Morgan fingerprint density at radius 1 is 1.00 bits per heavy atom. The minimum Gasteiger partial charge on any atom is -0.344 e. The summed E-state index contributed by atoms with van der Waals surface area (Å²) in [7, 11) is 0. The van der Waals surface area contributed by atoms with Gasteiger partial charge in [0.2, 0.25) is 0 Å². The van der Waals surface area contributed by atoms with Crippen LogP contribution >= 0.6 is 0 Å². The van der Waals surface area contributed by atoms with Crippen molar-refractivity contribution >= 4 is 10.9 Å². The van der Waals surface area contributed by atoms with Crippen LogP contribution in [0.5, 0.6) is 0 Å². The molecule has 3 aromatic rings. The molecule has 0 N–H and O–H groups in total. The smallest absolute Gasteiger partial charge is 0.344 e. The highest BCUT2D eigenvalue weighted by Gasteiger charge is 2.31. The van der Waals surface area contributed by atoms with Gasteiger partial charge in [0.25, 0.3) is 0 Å². The van der Waals surface area contributed by atoms with Crippen molar-refractivity contribution in [3.05, 3.63) is 83.1 Å². The van der Waals surface area contributed by atoms with Gasteiger partial charge < -0.3 is 4.57 Å². The van der Waals surface area contributed by atoms with Crippen molar-refractivity contribution in [2.45, 2.75) is 52.3 Å². The predicted molar refractivity (Wildman–Crippen MR) is 110 cm³/mol. The van der Waals surface area contributed by atoms with Gasteiger partial charge in [0, 0.05) is 23.1 Å². The lowest BCUT2D eigenvalue weighted by atomic mass is 10.0. The number of allylic oxidation sites excluding steroid dienone is 2. The molecular weight excluding hydrogens is 359 g/mol. The molecule has 0 amide bonds. The van der Waals surface area contributed by atoms with Crippen LogP contribution in [0.25, 0.3) is 10.9 Å². The first kappa shape index (κ1) is 20.2. The minimum atomic E-state index is -4.33. The number of alkyl halides is 3. The lowest BCUT2D eigenvalue weighted by Crippen LogP contribution is -2.07. The molecule has 0 bridgehead atoms. The summed E-state index contributed by atoms with van der Waals surface area (Å²) in [5.41, 5.74) is 3.73. The minimum absolute atomic E-state index is 0.579. The van der Waals surface area contributed by atoms with Crippen LogP contribution in [0.2, 0.25) is 0 Å². The van der Waals surface area contributed by atoms with Gasteiger partial charge in [-0.15, -0.1) is 0 Å². The van der Waals surface area contributed by atoms with E-state index in [0.29, 0.717) is 6.42 Å². The van der Waals surface area contributed by atoms with Gasteiger partial charge in [0.1, 0.15) is 0 Å². The second-order valence-corrected chi connectivity index (χ2v) is 7.07. The summed E-state index contributed by atoms with van der Waals surface area (Å²) in [6.45, 7) is 4.81. The molecular formula is C24H26F3N. The molecule has 0 unspecified atom stereocenters. The quantitative estimate of drug-likeness (QED) is 0.387. The van der Waals surface area contributed by atoms with E-state index in [2.05, 4.69) is 23.6 Å². The fourth-order valence-corrected chi connectivity index (χ4v) is 3.78. The first-order chi connectivity index (χ1) is 13.5. The molecule has 1 heterocycles. The molecule has 3 rings (SSSR count). The van der Waals surface area contributed by atoms with E-state index in [1.807, 2.05) is 37.3 Å². The molecule has 0 aliphatic heterocycles. The third-order valence-corrected chi connectivity index (χ3v) is 5.13. The lowest BCUT2D eigenvalue weighted by Gasteiger charge is -2.12. The van der Waals surface area contributed by atoms with Gasteiger partial charge in [-0.1, -0.05) is 55.8 Å². The van der Waals surface area contributed by atoms with Crippen LogP contribution < -0.4 is 0 Å². The number of halogens is 3. The Labute approximate surface area is 164 Å². The zero-order valence-electron chi connectivity index (χ0n) is 16.4. The molecule has 28 heavy (non-hydrogen) atoms. The summed E-state index contributed by atoms with van der Waals surface area (Å²) in [6.07, 6.45) is 2.97. The average molecular weight is 385 g/mol. The Kier molecular flexibility index (Phi) is 6.28. The fraction of sp³-hybridized carbons (Fsp3) is 0.333. The zero-order chi connectivity index (χ0) is 20.1. The van der Waals surface area contributed by atoms with Crippen LogP contribution in [0.15, 0.2) is 60.7 Å². The van der Waals surface area contributed by atoms with Crippen LogP contribution in [0.3, 0.4) is 0 Å². The molecule has 0 saturated heterocycles. The summed E-state index contributed by atoms with van der Waals surface area (Å²) in [4.78, 5) is 0. The number of aromatic nitrogens is 1. The average Bonchev–Trinajstić information content (AvgIpc) is 2.97. The zero-order valence-corrected chi connectivity index (χ0v) is 16.4. The number of aryl methyl sites for hydroxylation is 2. The third kappa shape index (κ3) is 4.32. The second-order valence-electron chi connectivity index (χ2n) is 7.07. The number of hydrogen-bond donors (Lipinski definition) is 0. The molecule has 1 nitrogen and oxygen atoms in total. The van der Waals surface area contributed by atoms with Gasteiger partial charge in [-0.05, 0) is 55.5 Å². The molecule has 148 valence electrons. The molecule has 0 atom stereocenters.